The second kappa shape index (κ2) is 7.48. The smallest absolute Gasteiger partial charge is 0.119 e. The first-order valence-corrected chi connectivity index (χ1v) is 6.94. The van der Waals surface area contributed by atoms with Gasteiger partial charge in [-0.3, -0.25) is 0 Å². The molecule has 0 aliphatic carbocycles. The molecule has 1 unspecified atom stereocenters. The maximum Gasteiger partial charge on any atom is 0.119 e. The molecule has 1 saturated heterocycles. The van der Waals surface area contributed by atoms with E-state index in [1.165, 1.54) is 5.56 Å². The first-order valence-electron chi connectivity index (χ1n) is 6.94. The minimum absolute atomic E-state index is 0.303. The van der Waals surface area contributed by atoms with Gasteiger partial charge < -0.3 is 19.7 Å². The summed E-state index contributed by atoms with van der Waals surface area (Å²) in [4.78, 5) is 2.30. The summed E-state index contributed by atoms with van der Waals surface area (Å²) in [6.45, 7) is 7.37. The molecular formula is C15H24N2O2. The highest BCUT2D eigenvalue weighted by Gasteiger charge is 2.16. The molecule has 0 aromatic heterocycles. The van der Waals surface area contributed by atoms with Crippen LogP contribution in [0.2, 0.25) is 0 Å². The zero-order chi connectivity index (χ0) is 13.5. The molecule has 1 aliphatic rings. The number of hydrogen-bond acceptors (Lipinski definition) is 4. The summed E-state index contributed by atoms with van der Waals surface area (Å²) in [6.07, 6.45) is 0.303. The minimum Gasteiger partial charge on any atom is -0.492 e. The quantitative estimate of drug-likeness (QED) is 0.785. The van der Waals surface area contributed by atoms with Gasteiger partial charge in [0.05, 0.1) is 12.7 Å². The molecule has 0 bridgehead atoms. The van der Waals surface area contributed by atoms with E-state index in [1.54, 1.807) is 0 Å². The van der Waals surface area contributed by atoms with Crippen molar-refractivity contribution in [1.82, 2.24) is 10.2 Å². The number of nitrogens with zero attached hydrogens (tertiary/aromatic N) is 1. The van der Waals surface area contributed by atoms with Crippen LogP contribution in [-0.2, 0) is 4.74 Å². The number of rotatable bonds is 6. The van der Waals surface area contributed by atoms with Gasteiger partial charge in [-0.05, 0) is 31.7 Å². The highest BCUT2D eigenvalue weighted by atomic mass is 16.5. The summed E-state index contributed by atoms with van der Waals surface area (Å²) in [5.74, 6) is 0.940. The molecule has 0 spiro atoms. The van der Waals surface area contributed by atoms with Crippen molar-refractivity contribution in [2.24, 2.45) is 0 Å². The standard InChI is InChI=1S/C15H24N2O2/c1-13-4-3-5-14(10-13)18-8-6-16-11-15-12-17(2)7-9-19-15/h3-5,10,15-16H,6-9,11-12H2,1-2H3. The summed E-state index contributed by atoms with van der Waals surface area (Å²) < 4.78 is 11.4. The van der Waals surface area contributed by atoms with Crippen LogP contribution in [0, 0.1) is 6.92 Å². The Morgan fingerprint density at radius 1 is 1.47 bits per heavy atom. The van der Waals surface area contributed by atoms with Gasteiger partial charge in [-0.1, -0.05) is 12.1 Å². The fourth-order valence-corrected chi connectivity index (χ4v) is 2.20. The molecule has 1 aliphatic heterocycles. The van der Waals surface area contributed by atoms with E-state index < -0.39 is 0 Å². The third kappa shape index (κ3) is 5.19. The number of nitrogens with one attached hydrogen (secondary N) is 1. The van der Waals surface area contributed by atoms with E-state index in [-0.39, 0.29) is 0 Å². The fourth-order valence-electron chi connectivity index (χ4n) is 2.20. The molecule has 4 nitrogen and oxygen atoms in total. The van der Waals surface area contributed by atoms with E-state index in [2.05, 4.69) is 36.3 Å². The Morgan fingerprint density at radius 2 is 2.37 bits per heavy atom. The van der Waals surface area contributed by atoms with Crippen LogP contribution in [0.1, 0.15) is 5.56 Å². The van der Waals surface area contributed by atoms with Gasteiger partial charge in [-0.2, -0.15) is 0 Å². The predicted octanol–water partition coefficient (Wildman–Crippen LogP) is 1.29. The number of ether oxygens (including phenoxy) is 2. The van der Waals surface area contributed by atoms with Crippen LogP contribution < -0.4 is 10.1 Å². The molecule has 1 aromatic rings. The fraction of sp³-hybridized carbons (Fsp3) is 0.600. The molecule has 1 N–H and O–H groups in total. The molecule has 0 amide bonds. The van der Waals surface area contributed by atoms with Gasteiger partial charge in [-0.15, -0.1) is 0 Å². The second-order valence-electron chi connectivity index (χ2n) is 5.12. The third-order valence-corrected chi connectivity index (χ3v) is 3.25. The molecule has 106 valence electrons. The van der Waals surface area contributed by atoms with E-state index in [9.17, 15) is 0 Å². The van der Waals surface area contributed by atoms with Crippen molar-refractivity contribution in [2.75, 3.05) is 46.4 Å². The molecule has 19 heavy (non-hydrogen) atoms. The zero-order valence-corrected chi connectivity index (χ0v) is 11.9. The van der Waals surface area contributed by atoms with Crippen LogP contribution in [0.25, 0.3) is 0 Å². The molecule has 2 rings (SSSR count). The largest absolute Gasteiger partial charge is 0.492 e. The Kier molecular flexibility index (Phi) is 5.63. The maximum absolute atomic E-state index is 5.68. The molecular weight excluding hydrogens is 240 g/mol. The van der Waals surface area contributed by atoms with Crippen LogP contribution in [0.15, 0.2) is 24.3 Å². The highest BCUT2D eigenvalue weighted by Crippen LogP contribution is 2.11. The predicted molar refractivity (Wildman–Crippen MR) is 76.8 cm³/mol. The van der Waals surface area contributed by atoms with Crippen molar-refractivity contribution in [3.05, 3.63) is 29.8 Å². The van der Waals surface area contributed by atoms with Gasteiger partial charge in [0, 0.05) is 26.2 Å². The van der Waals surface area contributed by atoms with E-state index in [1.807, 2.05) is 12.1 Å². The van der Waals surface area contributed by atoms with E-state index in [0.717, 1.165) is 38.5 Å². The summed E-state index contributed by atoms with van der Waals surface area (Å²) >= 11 is 0. The van der Waals surface area contributed by atoms with Crippen LogP contribution in [-0.4, -0.2) is 57.4 Å². The number of benzene rings is 1. The maximum atomic E-state index is 5.68. The van der Waals surface area contributed by atoms with Crippen molar-refractivity contribution in [2.45, 2.75) is 13.0 Å². The van der Waals surface area contributed by atoms with Gasteiger partial charge in [-0.25, -0.2) is 0 Å². The highest BCUT2D eigenvalue weighted by molar-refractivity contribution is 5.27. The number of likely N-dealkylation sites (N-methyl/N-ethyl adjacent to an activating group) is 1. The molecule has 0 saturated carbocycles. The van der Waals surface area contributed by atoms with Crippen molar-refractivity contribution >= 4 is 0 Å². The van der Waals surface area contributed by atoms with Crippen LogP contribution in [0.3, 0.4) is 0 Å². The molecule has 1 heterocycles. The van der Waals surface area contributed by atoms with Crippen LogP contribution in [0.4, 0.5) is 0 Å². The number of hydrogen-bond donors (Lipinski definition) is 1. The first kappa shape index (κ1) is 14.3. The molecule has 1 atom stereocenters. The van der Waals surface area contributed by atoms with Crippen LogP contribution >= 0.6 is 0 Å². The van der Waals surface area contributed by atoms with Gasteiger partial charge in [0.2, 0.25) is 0 Å². The Hall–Kier alpha value is -1.10. The summed E-state index contributed by atoms with van der Waals surface area (Å²) in [5.41, 5.74) is 1.23. The Labute approximate surface area is 115 Å². The lowest BCUT2D eigenvalue weighted by atomic mass is 10.2. The zero-order valence-electron chi connectivity index (χ0n) is 11.9. The van der Waals surface area contributed by atoms with Crippen molar-refractivity contribution in [1.29, 1.82) is 0 Å². The average molecular weight is 264 g/mol. The van der Waals surface area contributed by atoms with E-state index >= 15 is 0 Å². The van der Waals surface area contributed by atoms with Gasteiger partial charge in [0.15, 0.2) is 0 Å². The Morgan fingerprint density at radius 3 is 3.16 bits per heavy atom. The average Bonchev–Trinajstić information content (AvgIpc) is 2.38. The lowest BCUT2D eigenvalue weighted by Crippen LogP contribution is -2.45. The second-order valence-corrected chi connectivity index (χ2v) is 5.12. The molecule has 0 radical (unpaired) electrons. The summed E-state index contributed by atoms with van der Waals surface area (Å²) in [5, 5.41) is 3.38. The summed E-state index contributed by atoms with van der Waals surface area (Å²) in [7, 11) is 2.14. The van der Waals surface area contributed by atoms with Crippen LogP contribution in [0.5, 0.6) is 5.75 Å². The topological polar surface area (TPSA) is 33.7 Å². The minimum atomic E-state index is 0.303. The molecule has 1 aromatic carbocycles. The Balaban J connectivity index is 1.57. The lowest BCUT2D eigenvalue weighted by Gasteiger charge is -2.30. The first-order chi connectivity index (χ1) is 9.24. The lowest BCUT2D eigenvalue weighted by molar-refractivity contribution is -0.0182. The summed E-state index contributed by atoms with van der Waals surface area (Å²) in [6, 6.07) is 8.14. The SMILES string of the molecule is Cc1cccc(OCCNCC2CN(C)CCO2)c1. The van der Waals surface area contributed by atoms with E-state index in [0.29, 0.717) is 12.7 Å². The third-order valence-electron chi connectivity index (χ3n) is 3.25. The Bertz CT molecular complexity index is 384. The number of aryl methyl sites for hydroxylation is 1. The van der Waals surface area contributed by atoms with Crippen molar-refractivity contribution < 1.29 is 9.47 Å². The monoisotopic (exact) mass is 264 g/mol. The normalized spacial score (nSPS) is 20.4. The van der Waals surface area contributed by atoms with E-state index in [4.69, 9.17) is 9.47 Å². The van der Waals surface area contributed by atoms with Gasteiger partial charge >= 0.3 is 0 Å². The molecule has 1 fully saturated rings. The van der Waals surface area contributed by atoms with Crippen molar-refractivity contribution in [3.63, 3.8) is 0 Å². The van der Waals surface area contributed by atoms with Crippen molar-refractivity contribution in [3.8, 4) is 5.75 Å². The van der Waals surface area contributed by atoms with Gasteiger partial charge in [0.1, 0.15) is 12.4 Å². The van der Waals surface area contributed by atoms with Gasteiger partial charge in [0.25, 0.3) is 0 Å². The molecule has 4 heteroatoms. The number of morpholine rings is 1.